The lowest BCUT2D eigenvalue weighted by atomic mass is 10.0. The third kappa shape index (κ3) is 4.27. The predicted molar refractivity (Wildman–Crippen MR) is 127 cm³/mol. The molecule has 7 heteroatoms. The number of aromatic amines is 1. The fourth-order valence-corrected chi connectivity index (χ4v) is 4.33. The first-order valence-electron chi connectivity index (χ1n) is 11.0. The highest BCUT2D eigenvalue weighted by atomic mass is 16.2. The summed E-state index contributed by atoms with van der Waals surface area (Å²) in [7, 11) is 0. The third-order valence-electron chi connectivity index (χ3n) is 5.88. The van der Waals surface area contributed by atoms with Crippen molar-refractivity contribution in [3.63, 3.8) is 0 Å². The Morgan fingerprint density at radius 1 is 1.03 bits per heavy atom. The van der Waals surface area contributed by atoms with E-state index in [1.807, 2.05) is 72.9 Å². The van der Waals surface area contributed by atoms with Crippen LogP contribution >= 0.6 is 0 Å². The van der Waals surface area contributed by atoms with E-state index in [1.165, 1.54) is 0 Å². The first kappa shape index (κ1) is 20.1. The number of hydrogen-bond acceptors (Lipinski definition) is 5. The van der Waals surface area contributed by atoms with Crippen LogP contribution in [0, 0.1) is 0 Å². The maximum atomic E-state index is 13.4. The molecule has 2 aromatic carbocycles. The van der Waals surface area contributed by atoms with Crippen molar-refractivity contribution in [2.45, 2.75) is 24.9 Å². The molecule has 32 heavy (non-hydrogen) atoms. The van der Waals surface area contributed by atoms with Crippen molar-refractivity contribution in [1.82, 2.24) is 20.3 Å². The van der Waals surface area contributed by atoms with Gasteiger partial charge in [-0.1, -0.05) is 48.5 Å². The van der Waals surface area contributed by atoms with E-state index < -0.39 is 6.04 Å². The molecule has 0 bridgehead atoms. The Hall–Kier alpha value is -3.87. The van der Waals surface area contributed by atoms with Gasteiger partial charge in [-0.3, -0.25) is 4.79 Å². The van der Waals surface area contributed by atoms with Crippen LogP contribution in [0.3, 0.4) is 0 Å². The normalized spacial score (nSPS) is 17.1. The number of rotatable bonds is 6. The molecular weight excluding hydrogens is 400 g/mol. The molecule has 0 aliphatic carbocycles. The third-order valence-corrected chi connectivity index (χ3v) is 5.88. The van der Waals surface area contributed by atoms with Crippen molar-refractivity contribution in [2.75, 3.05) is 23.3 Å². The molecule has 1 saturated heterocycles. The number of piperidine rings is 1. The van der Waals surface area contributed by atoms with Crippen molar-refractivity contribution in [3.05, 3.63) is 84.8 Å². The fraction of sp³-hybridized carbons (Fsp3) is 0.240. The zero-order valence-electron chi connectivity index (χ0n) is 17.7. The van der Waals surface area contributed by atoms with E-state index in [0.29, 0.717) is 0 Å². The highest BCUT2D eigenvalue weighted by Crippen LogP contribution is 2.26. The molecule has 0 spiro atoms. The number of benzene rings is 2. The first-order valence-corrected chi connectivity index (χ1v) is 11.0. The molecule has 1 amide bonds. The van der Waals surface area contributed by atoms with Gasteiger partial charge in [0.1, 0.15) is 23.8 Å². The van der Waals surface area contributed by atoms with Gasteiger partial charge in [-0.2, -0.15) is 0 Å². The Balaban J connectivity index is 1.33. The van der Waals surface area contributed by atoms with Crippen LogP contribution in [-0.2, 0) is 4.79 Å². The van der Waals surface area contributed by atoms with Gasteiger partial charge in [0.15, 0.2) is 0 Å². The number of hydrogen-bond donors (Lipinski definition) is 3. The summed E-state index contributed by atoms with van der Waals surface area (Å²) in [6.07, 6.45) is 5.40. The van der Waals surface area contributed by atoms with Gasteiger partial charge < -0.3 is 20.5 Å². The number of amides is 1. The summed E-state index contributed by atoms with van der Waals surface area (Å²) in [5, 5.41) is 7.69. The van der Waals surface area contributed by atoms with Gasteiger partial charge >= 0.3 is 0 Å². The molecule has 1 aliphatic rings. The van der Waals surface area contributed by atoms with E-state index in [2.05, 4.69) is 30.5 Å². The van der Waals surface area contributed by atoms with Crippen molar-refractivity contribution in [2.24, 2.45) is 0 Å². The summed E-state index contributed by atoms with van der Waals surface area (Å²) in [6.45, 7) is 1.63. The van der Waals surface area contributed by atoms with Crippen LogP contribution in [0.25, 0.3) is 11.0 Å². The second-order valence-electron chi connectivity index (χ2n) is 8.09. The standard InChI is InChI=1S/C25H26N6O/c32-25(22(18-8-3-1-4-9-18)29-19-10-5-2-6-11-19)30-20-12-7-15-31(16-20)24-21-13-14-26-23(21)27-17-28-24/h1-6,8-11,13-14,17,20,22,29H,7,12,15-16H2,(H,30,32)(H,26,27,28)/t20-,22-/m1/s1. The number of para-hydroxylation sites is 1. The molecule has 2 atom stereocenters. The number of carbonyl (C=O) groups is 1. The highest BCUT2D eigenvalue weighted by Gasteiger charge is 2.27. The minimum Gasteiger partial charge on any atom is -0.370 e. The van der Waals surface area contributed by atoms with Crippen molar-refractivity contribution >= 4 is 28.4 Å². The van der Waals surface area contributed by atoms with Gasteiger partial charge in [0, 0.05) is 31.0 Å². The van der Waals surface area contributed by atoms with Gasteiger partial charge in [-0.25, -0.2) is 9.97 Å². The van der Waals surface area contributed by atoms with Crippen LogP contribution in [0.15, 0.2) is 79.3 Å². The van der Waals surface area contributed by atoms with E-state index in [9.17, 15) is 4.79 Å². The largest absolute Gasteiger partial charge is 0.370 e. The average Bonchev–Trinajstić information content (AvgIpc) is 3.33. The number of fused-ring (bicyclic) bond motifs is 1. The van der Waals surface area contributed by atoms with E-state index in [0.717, 1.165) is 54.0 Å². The zero-order chi connectivity index (χ0) is 21.8. The summed E-state index contributed by atoms with van der Waals surface area (Å²) in [5.41, 5.74) is 2.68. The lowest BCUT2D eigenvalue weighted by Crippen LogP contribution is -2.50. The topological polar surface area (TPSA) is 85.9 Å². The van der Waals surface area contributed by atoms with Crippen molar-refractivity contribution < 1.29 is 4.79 Å². The van der Waals surface area contributed by atoms with Crippen LogP contribution in [0.4, 0.5) is 11.5 Å². The van der Waals surface area contributed by atoms with E-state index >= 15 is 0 Å². The molecule has 2 aromatic heterocycles. The fourth-order valence-electron chi connectivity index (χ4n) is 4.33. The average molecular weight is 427 g/mol. The molecule has 0 radical (unpaired) electrons. The minimum atomic E-state index is -0.468. The monoisotopic (exact) mass is 426 g/mol. The quantitative estimate of drug-likeness (QED) is 0.435. The maximum absolute atomic E-state index is 13.4. The van der Waals surface area contributed by atoms with Crippen LogP contribution in [0.2, 0.25) is 0 Å². The molecule has 0 saturated carbocycles. The summed E-state index contributed by atoms with van der Waals surface area (Å²) in [5.74, 6) is 0.888. The summed E-state index contributed by atoms with van der Waals surface area (Å²) in [4.78, 5) is 27.6. The number of carbonyl (C=O) groups excluding carboxylic acids is 1. The Morgan fingerprint density at radius 3 is 2.62 bits per heavy atom. The first-order chi connectivity index (χ1) is 15.8. The SMILES string of the molecule is O=C(N[C@@H]1CCCN(c2ncnc3[nH]ccc23)C1)[C@H](Nc1ccccc1)c1ccccc1. The van der Waals surface area contributed by atoms with Crippen molar-refractivity contribution in [3.8, 4) is 0 Å². The second-order valence-corrected chi connectivity index (χ2v) is 8.09. The zero-order valence-corrected chi connectivity index (χ0v) is 17.7. The lowest BCUT2D eigenvalue weighted by molar-refractivity contribution is -0.122. The van der Waals surface area contributed by atoms with E-state index in [1.54, 1.807) is 6.33 Å². The van der Waals surface area contributed by atoms with E-state index in [4.69, 9.17) is 0 Å². The molecule has 162 valence electrons. The Bertz CT molecular complexity index is 1180. The lowest BCUT2D eigenvalue weighted by Gasteiger charge is -2.35. The van der Waals surface area contributed by atoms with Crippen LogP contribution in [0.5, 0.6) is 0 Å². The summed E-state index contributed by atoms with van der Waals surface area (Å²) >= 11 is 0. The van der Waals surface area contributed by atoms with Gasteiger partial charge in [-0.15, -0.1) is 0 Å². The Morgan fingerprint density at radius 2 is 1.81 bits per heavy atom. The molecule has 7 nitrogen and oxygen atoms in total. The second kappa shape index (κ2) is 9.09. The summed E-state index contributed by atoms with van der Waals surface area (Å²) in [6, 6.07) is 21.3. The maximum Gasteiger partial charge on any atom is 0.247 e. The number of nitrogens with zero attached hydrogens (tertiary/aromatic N) is 3. The molecule has 1 fully saturated rings. The predicted octanol–water partition coefficient (Wildman–Crippen LogP) is 3.90. The van der Waals surface area contributed by atoms with Crippen LogP contribution < -0.4 is 15.5 Å². The molecule has 3 N–H and O–H groups in total. The molecule has 0 unspecified atom stereocenters. The number of aromatic nitrogens is 3. The Kier molecular flexibility index (Phi) is 5.70. The molecule has 3 heterocycles. The van der Waals surface area contributed by atoms with Crippen LogP contribution in [0.1, 0.15) is 24.4 Å². The molecule has 5 rings (SSSR count). The molecule has 4 aromatic rings. The molecular formula is C25H26N6O. The highest BCUT2D eigenvalue weighted by molar-refractivity contribution is 5.88. The van der Waals surface area contributed by atoms with Crippen molar-refractivity contribution in [1.29, 1.82) is 0 Å². The van der Waals surface area contributed by atoms with Gasteiger partial charge in [0.2, 0.25) is 5.91 Å². The van der Waals surface area contributed by atoms with Crippen LogP contribution in [-0.4, -0.2) is 40.0 Å². The number of H-pyrrole nitrogens is 1. The number of anilines is 2. The number of nitrogens with one attached hydrogen (secondary N) is 3. The van der Waals surface area contributed by atoms with E-state index in [-0.39, 0.29) is 11.9 Å². The smallest absolute Gasteiger partial charge is 0.247 e. The minimum absolute atomic E-state index is 0.0265. The summed E-state index contributed by atoms with van der Waals surface area (Å²) < 4.78 is 0. The molecule has 1 aliphatic heterocycles. The van der Waals surface area contributed by atoms with Gasteiger partial charge in [0.25, 0.3) is 0 Å². The Labute approximate surface area is 186 Å². The van der Waals surface area contributed by atoms with Gasteiger partial charge in [-0.05, 0) is 36.6 Å². The van der Waals surface area contributed by atoms with Gasteiger partial charge in [0.05, 0.1) is 5.39 Å².